The van der Waals surface area contributed by atoms with Gasteiger partial charge in [-0.2, -0.15) is 0 Å². The minimum atomic E-state index is -4.09. The number of pyridine rings is 1. The third kappa shape index (κ3) is 7.66. The number of hydrogen-bond donors (Lipinski definition) is 3. The van der Waals surface area contributed by atoms with Crippen LogP contribution in [0, 0.1) is 5.92 Å². The summed E-state index contributed by atoms with van der Waals surface area (Å²) in [7, 11) is -4.09. The molecule has 0 unspecified atom stereocenters. The van der Waals surface area contributed by atoms with Crippen LogP contribution in [0.5, 0.6) is 0 Å². The van der Waals surface area contributed by atoms with Crippen LogP contribution < -0.4 is 15.4 Å². The van der Waals surface area contributed by atoms with Gasteiger partial charge in [0.1, 0.15) is 16.8 Å². The van der Waals surface area contributed by atoms with Gasteiger partial charge in [0.2, 0.25) is 28.0 Å². The molecule has 2 aliphatic rings. The molecule has 0 bridgehead atoms. The van der Waals surface area contributed by atoms with Gasteiger partial charge in [0.25, 0.3) is 11.8 Å². The Bertz CT molecular complexity index is 1260. The van der Waals surface area contributed by atoms with Gasteiger partial charge in [0.15, 0.2) is 5.03 Å². The molecule has 17 heteroatoms. The maximum Gasteiger partial charge on any atom is 0.277 e. The molecule has 2 aliphatic carbocycles. The molecule has 11 nitrogen and oxygen atoms in total. The van der Waals surface area contributed by atoms with E-state index in [-0.39, 0.29) is 27.4 Å². The summed E-state index contributed by atoms with van der Waals surface area (Å²) in [5.74, 6) is -5.18. The van der Waals surface area contributed by atoms with Gasteiger partial charge in [-0.05, 0) is 41.2 Å². The van der Waals surface area contributed by atoms with E-state index in [0.29, 0.717) is 24.6 Å². The first-order chi connectivity index (χ1) is 18.4. The van der Waals surface area contributed by atoms with Crippen LogP contribution in [0.25, 0.3) is 0 Å². The first-order valence-electron chi connectivity index (χ1n) is 12.1. The summed E-state index contributed by atoms with van der Waals surface area (Å²) in [6.45, 7) is 0. The van der Waals surface area contributed by atoms with Gasteiger partial charge < -0.3 is 10.6 Å². The molecule has 2 fully saturated rings. The van der Waals surface area contributed by atoms with Crippen LogP contribution in [0.3, 0.4) is 0 Å². The predicted molar refractivity (Wildman–Crippen MR) is 130 cm³/mol. The summed E-state index contributed by atoms with van der Waals surface area (Å²) in [5.41, 5.74) is -0.321. The summed E-state index contributed by atoms with van der Waals surface area (Å²) in [6.07, 6.45) is 1.14. The highest BCUT2D eigenvalue weighted by molar-refractivity contribution is 7.99. The molecule has 1 atom stereocenters. The van der Waals surface area contributed by atoms with E-state index in [4.69, 9.17) is 0 Å². The largest absolute Gasteiger partial charge is 0.338 e. The number of halogens is 4. The van der Waals surface area contributed by atoms with Crippen LogP contribution in [-0.4, -0.2) is 65.7 Å². The first kappa shape index (κ1) is 29.2. The molecule has 2 amide bonds. The highest BCUT2D eigenvalue weighted by atomic mass is 32.2. The van der Waals surface area contributed by atoms with E-state index in [9.17, 15) is 35.6 Å². The second-order valence-electron chi connectivity index (χ2n) is 9.42. The van der Waals surface area contributed by atoms with Crippen molar-refractivity contribution in [3.05, 3.63) is 24.0 Å². The van der Waals surface area contributed by atoms with Crippen molar-refractivity contribution < 1.29 is 40.2 Å². The topological polar surface area (TPSA) is 156 Å². The quantitative estimate of drug-likeness (QED) is 0.263. The second-order valence-corrected chi connectivity index (χ2v) is 12.1. The number of hydrogen-bond acceptors (Lipinski definition) is 9. The number of anilines is 1. The van der Waals surface area contributed by atoms with Gasteiger partial charge >= 0.3 is 0 Å². The highest BCUT2D eigenvalue weighted by Gasteiger charge is 2.47. The molecule has 2 heterocycles. The van der Waals surface area contributed by atoms with Crippen LogP contribution >= 0.6 is 11.8 Å². The van der Waals surface area contributed by atoms with Gasteiger partial charge in [-0.1, -0.05) is 31.0 Å². The van der Waals surface area contributed by atoms with Crippen LogP contribution in [0.1, 0.15) is 55.4 Å². The molecule has 0 aromatic carbocycles. The van der Waals surface area contributed by atoms with Crippen molar-refractivity contribution in [1.29, 1.82) is 0 Å². The zero-order valence-electron chi connectivity index (χ0n) is 20.4. The van der Waals surface area contributed by atoms with Crippen molar-refractivity contribution in [1.82, 2.24) is 25.3 Å². The first-order valence-corrected chi connectivity index (χ1v) is 14.6. The van der Waals surface area contributed by atoms with Crippen molar-refractivity contribution >= 4 is 39.4 Å². The Morgan fingerprint density at radius 1 is 1.13 bits per heavy atom. The Morgan fingerprint density at radius 3 is 2.46 bits per heavy atom. The molecule has 0 spiro atoms. The SMILES string of the molecule is O=C(N[C@H](C(=O)Nc1ccc(S(=O)(=O)NC2CC(F)(F)C2)cn1)C1CCCCC1)c1nonc1SCC(F)F. The number of aromatic nitrogens is 3. The van der Waals surface area contributed by atoms with Crippen LogP contribution in [0.15, 0.2) is 32.9 Å². The third-order valence-electron chi connectivity index (χ3n) is 6.42. The maximum absolute atomic E-state index is 13.2. The number of nitrogens with one attached hydrogen (secondary N) is 3. The fourth-order valence-corrected chi connectivity index (χ4v) is 6.30. The molecular formula is C22H26F4N6O5S2. The van der Waals surface area contributed by atoms with Gasteiger partial charge in [-0.25, -0.2) is 40.3 Å². The van der Waals surface area contributed by atoms with E-state index in [1.165, 1.54) is 12.1 Å². The lowest BCUT2D eigenvalue weighted by molar-refractivity contribution is -0.119. The maximum atomic E-state index is 13.2. The van der Waals surface area contributed by atoms with Crippen molar-refractivity contribution in [3.8, 4) is 0 Å². The number of sulfonamides is 1. The number of carbonyl (C=O) groups is 2. The number of rotatable bonds is 11. The Balaban J connectivity index is 1.43. The lowest BCUT2D eigenvalue weighted by Crippen LogP contribution is -2.50. The molecular weight excluding hydrogens is 568 g/mol. The lowest BCUT2D eigenvalue weighted by atomic mass is 9.83. The van der Waals surface area contributed by atoms with E-state index in [1.54, 1.807) is 0 Å². The smallest absolute Gasteiger partial charge is 0.277 e. The van der Waals surface area contributed by atoms with Gasteiger partial charge in [-0.15, -0.1) is 0 Å². The van der Waals surface area contributed by atoms with Gasteiger partial charge in [0, 0.05) is 25.1 Å². The minimum absolute atomic E-state index is 0.000432. The van der Waals surface area contributed by atoms with Gasteiger partial charge in [0.05, 0.1) is 5.75 Å². The Morgan fingerprint density at radius 2 is 1.85 bits per heavy atom. The molecule has 214 valence electrons. The Hall–Kier alpha value is -2.79. The number of alkyl halides is 4. The van der Waals surface area contributed by atoms with E-state index in [0.717, 1.165) is 25.5 Å². The molecule has 4 rings (SSSR count). The molecule has 2 saturated carbocycles. The average Bonchev–Trinajstić information content (AvgIpc) is 3.34. The van der Waals surface area contributed by atoms with Crippen molar-refractivity contribution in [2.45, 2.75) is 79.3 Å². The highest BCUT2D eigenvalue weighted by Crippen LogP contribution is 2.38. The summed E-state index contributed by atoms with van der Waals surface area (Å²) in [4.78, 5) is 29.8. The summed E-state index contributed by atoms with van der Waals surface area (Å²) in [6, 6.07) is 0.499. The van der Waals surface area contributed by atoms with E-state index in [2.05, 4.69) is 35.3 Å². The molecule has 0 aliphatic heterocycles. The Labute approximate surface area is 225 Å². The molecule has 3 N–H and O–H groups in total. The third-order valence-corrected chi connectivity index (χ3v) is 8.89. The molecule has 39 heavy (non-hydrogen) atoms. The second kappa shape index (κ2) is 12.2. The monoisotopic (exact) mass is 594 g/mol. The molecule has 0 radical (unpaired) electrons. The normalized spacial score (nSPS) is 18.9. The molecule has 0 saturated heterocycles. The van der Waals surface area contributed by atoms with E-state index >= 15 is 0 Å². The predicted octanol–water partition coefficient (Wildman–Crippen LogP) is 3.22. The van der Waals surface area contributed by atoms with E-state index < -0.39 is 64.9 Å². The van der Waals surface area contributed by atoms with Crippen molar-refractivity contribution in [2.24, 2.45) is 5.92 Å². The van der Waals surface area contributed by atoms with Gasteiger partial charge in [-0.3, -0.25) is 9.59 Å². The molecule has 2 aromatic heterocycles. The zero-order chi connectivity index (χ0) is 28.2. The molecule has 2 aromatic rings. The standard InChI is InChI=1S/C22H26F4N6O5S2/c23-15(24)11-38-21-18(30-37-31-21)20(34)29-17(12-4-2-1-3-5-12)19(33)28-16-7-6-14(10-27-16)39(35,36)32-13-8-22(25,26)9-13/h6-7,10,12-13,15,17,32H,1-5,8-9,11H2,(H,29,34)(H,27,28,33)/t17-/m0/s1. The number of nitrogens with zero attached hydrogens (tertiary/aromatic N) is 3. The number of carbonyl (C=O) groups excluding carboxylic acids is 2. The average molecular weight is 595 g/mol. The van der Waals surface area contributed by atoms with Crippen LogP contribution in [0.4, 0.5) is 23.4 Å². The number of amides is 2. The Kier molecular flexibility index (Phi) is 9.10. The zero-order valence-corrected chi connectivity index (χ0v) is 22.0. The van der Waals surface area contributed by atoms with Crippen LogP contribution in [0.2, 0.25) is 0 Å². The number of thioether (sulfide) groups is 1. The van der Waals surface area contributed by atoms with Crippen molar-refractivity contribution in [3.63, 3.8) is 0 Å². The summed E-state index contributed by atoms with van der Waals surface area (Å²) >= 11 is 0.595. The van der Waals surface area contributed by atoms with Crippen molar-refractivity contribution in [2.75, 3.05) is 11.1 Å². The lowest BCUT2D eigenvalue weighted by Gasteiger charge is -2.34. The summed E-state index contributed by atoms with van der Waals surface area (Å²) < 4.78 is 82.9. The van der Waals surface area contributed by atoms with E-state index in [1.807, 2.05) is 0 Å². The minimum Gasteiger partial charge on any atom is -0.338 e. The fraction of sp³-hybridized carbons (Fsp3) is 0.591. The van der Waals surface area contributed by atoms with Crippen LogP contribution in [-0.2, 0) is 14.8 Å². The summed E-state index contributed by atoms with van der Waals surface area (Å²) in [5, 5.41) is 12.0. The fourth-order valence-electron chi connectivity index (χ4n) is 4.48.